The predicted octanol–water partition coefficient (Wildman–Crippen LogP) is 2.31. The lowest BCUT2D eigenvalue weighted by atomic mass is 9.81. The lowest BCUT2D eigenvalue weighted by Gasteiger charge is -2.27. The van der Waals surface area contributed by atoms with Crippen molar-refractivity contribution in [2.75, 3.05) is 27.4 Å². The van der Waals surface area contributed by atoms with Gasteiger partial charge in [-0.05, 0) is 35.4 Å². The Kier molecular flexibility index (Phi) is 4.38. The van der Waals surface area contributed by atoms with Gasteiger partial charge in [-0.25, -0.2) is 0 Å². The van der Waals surface area contributed by atoms with Gasteiger partial charge >= 0.3 is 0 Å². The molecular weight excluding hydrogens is 352 g/mol. The van der Waals surface area contributed by atoms with Crippen molar-refractivity contribution in [1.29, 1.82) is 0 Å². The first-order valence-corrected chi connectivity index (χ1v) is 8.67. The predicted molar refractivity (Wildman–Crippen MR) is 95.1 cm³/mol. The Morgan fingerprint density at radius 1 is 0.926 bits per heavy atom. The minimum absolute atomic E-state index is 0.0273. The zero-order valence-electron chi connectivity index (χ0n) is 15.1. The van der Waals surface area contributed by atoms with Crippen molar-refractivity contribution in [2.45, 2.75) is 17.8 Å². The maximum absolute atomic E-state index is 11.4. The van der Waals surface area contributed by atoms with Crippen LogP contribution in [0.4, 0.5) is 0 Å². The summed E-state index contributed by atoms with van der Waals surface area (Å²) in [6.07, 6.45) is -0.977. The number of benzene rings is 2. The Hall–Kier alpha value is -2.48. The van der Waals surface area contributed by atoms with E-state index < -0.39 is 11.7 Å². The van der Waals surface area contributed by atoms with Crippen molar-refractivity contribution in [2.24, 2.45) is 5.92 Å². The van der Waals surface area contributed by atoms with E-state index in [1.807, 2.05) is 0 Å². The van der Waals surface area contributed by atoms with Crippen LogP contribution in [-0.2, 0) is 9.47 Å². The monoisotopic (exact) mass is 374 g/mol. The molecular formula is C20H22O7. The molecule has 4 atom stereocenters. The lowest BCUT2D eigenvalue weighted by molar-refractivity contribution is -0.0628. The lowest BCUT2D eigenvalue weighted by Crippen LogP contribution is -2.39. The molecule has 0 aromatic heterocycles. The summed E-state index contributed by atoms with van der Waals surface area (Å²) < 4.78 is 22.2. The summed E-state index contributed by atoms with van der Waals surface area (Å²) in [4.78, 5) is 0. The van der Waals surface area contributed by atoms with Crippen LogP contribution in [0.2, 0.25) is 0 Å². The quantitative estimate of drug-likeness (QED) is 0.755. The van der Waals surface area contributed by atoms with E-state index in [1.54, 1.807) is 30.3 Å². The van der Waals surface area contributed by atoms with Crippen LogP contribution in [0, 0.1) is 5.92 Å². The van der Waals surface area contributed by atoms with Crippen molar-refractivity contribution in [3.63, 3.8) is 0 Å². The number of hydrogen-bond acceptors (Lipinski definition) is 7. The second kappa shape index (κ2) is 6.60. The molecule has 4 rings (SSSR count). The minimum Gasteiger partial charge on any atom is -0.504 e. The van der Waals surface area contributed by atoms with Gasteiger partial charge in [-0.15, -0.1) is 0 Å². The summed E-state index contributed by atoms with van der Waals surface area (Å²) in [7, 11) is 2.95. The van der Waals surface area contributed by atoms with Crippen LogP contribution in [0.5, 0.6) is 23.0 Å². The molecule has 0 saturated carbocycles. The van der Waals surface area contributed by atoms with Crippen LogP contribution in [-0.4, -0.2) is 48.4 Å². The number of phenols is 2. The molecule has 0 aliphatic carbocycles. The van der Waals surface area contributed by atoms with Crippen molar-refractivity contribution in [3.05, 3.63) is 47.5 Å². The van der Waals surface area contributed by atoms with Gasteiger partial charge in [0, 0.05) is 5.92 Å². The second-order valence-corrected chi connectivity index (χ2v) is 6.91. The van der Waals surface area contributed by atoms with Crippen LogP contribution >= 0.6 is 0 Å². The largest absolute Gasteiger partial charge is 0.504 e. The molecule has 2 heterocycles. The number of phenolic OH excluding ortho intramolecular Hbond substituents is 2. The first kappa shape index (κ1) is 17.9. The van der Waals surface area contributed by atoms with Gasteiger partial charge in [0.25, 0.3) is 0 Å². The number of rotatable bonds is 4. The molecule has 2 aromatic rings. The number of ether oxygens (including phenoxy) is 4. The molecule has 2 fully saturated rings. The molecule has 0 radical (unpaired) electrons. The first-order chi connectivity index (χ1) is 13.0. The Morgan fingerprint density at radius 3 is 2.15 bits per heavy atom. The summed E-state index contributed by atoms with van der Waals surface area (Å²) in [6.45, 7) is 0.428. The average Bonchev–Trinajstić information content (AvgIpc) is 3.17. The van der Waals surface area contributed by atoms with Crippen molar-refractivity contribution in [1.82, 2.24) is 0 Å². The highest BCUT2D eigenvalue weighted by Gasteiger charge is 2.59. The molecule has 3 N–H and O–H groups in total. The molecule has 2 aliphatic heterocycles. The number of aromatic hydroxyl groups is 2. The van der Waals surface area contributed by atoms with Gasteiger partial charge in [0.2, 0.25) is 0 Å². The van der Waals surface area contributed by atoms with Gasteiger partial charge in [0.05, 0.1) is 33.5 Å². The molecule has 27 heavy (non-hydrogen) atoms. The molecule has 2 saturated heterocycles. The molecule has 7 heteroatoms. The van der Waals surface area contributed by atoms with Gasteiger partial charge in [-0.1, -0.05) is 12.1 Å². The number of aliphatic hydroxyl groups is 1. The molecule has 144 valence electrons. The van der Waals surface area contributed by atoms with E-state index in [4.69, 9.17) is 18.9 Å². The highest BCUT2D eigenvalue weighted by Crippen LogP contribution is 2.54. The fourth-order valence-electron chi connectivity index (χ4n) is 4.00. The normalized spacial score (nSPS) is 29.5. The van der Waals surface area contributed by atoms with E-state index in [0.717, 1.165) is 5.56 Å². The van der Waals surface area contributed by atoms with Crippen LogP contribution in [0.1, 0.15) is 23.3 Å². The van der Waals surface area contributed by atoms with E-state index in [2.05, 4.69) is 0 Å². The molecule has 2 aliphatic rings. The standard InChI is InChI=1S/C20H22O7/c1-24-16-7-11(3-5-14(16)21)18-13-9-26-19(20(13,23)10-27-18)12-4-6-15(22)17(8-12)25-2/h3-8,13,18-19,21-23H,9-10H2,1-2H3. The Labute approximate surface area is 156 Å². The van der Waals surface area contributed by atoms with Crippen LogP contribution < -0.4 is 9.47 Å². The smallest absolute Gasteiger partial charge is 0.160 e. The van der Waals surface area contributed by atoms with E-state index >= 15 is 0 Å². The Bertz CT molecular complexity index is 852. The van der Waals surface area contributed by atoms with Crippen LogP contribution in [0.3, 0.4) is 0 Å². The summed E-state index contributed by atoms with van der Waals surface area (Å²) in [5.74, 6) is 0.467. The summed E-state index contributed by atoms with van der Waals surface area (Å²) in [6, 6.07) is 9.91. The van der Waals surface area contributed by atoms with Crippen molar-refractivity contribution >= 4 is 0 Å². The third-order valence-electron chi connectivity index (χ3n) is 5.44. The second-order valence-electron chi connectivity index (χ2n) is 6.91. The van der Waals surface area contributed by atoms with E-state index in [1.165, 1.54) is 20.3 Å². The maximum atomic E-state index is 11.4. The summed E-state index contributed by atoms with van der Waals surface area (Å²) >= 11 is 0. The summed E-state index contributed by atoms with van der Waals surface area (Å²) in [5, 5.41) is 31.0. The van der Waals surface area contributed by atoms with E-state index in [0.29, 0.717) is 23.7 Å². The Morgan fingerprint density at radius 2 is 1.52 bits per heavy atom. The van der Waals surface area contributed by atoms with Gasteiger partial charge < -0.3 is 34.3 Å². The number of hydrogen-bond donors (Lipinski definition) is 3. The zero-order valence-corrected chi connectivity index (χ0v) is 15.1. The van der Waals surface area contributed by atoms with Gasteiger partial charge in [0.15, 0.2) is 23.0 Å². The van der Waals surface area contributed by atoms with E-state index in [-0.39, 0.29) is 30.1 Å². The molecule has 0 bridgehead atoms. The van der Waals surface area contributed by atoms with Crippen LogP contribution in [0.15, 0.2) is 36.4 Å². The molecule has 4 unspecified atom stereocenters. The molecule has 2 aromatic carbocycles. The number of methoxy groups -OCH3 is 2. The molecule has 0 amide bonds. The van der Waals surface area contributed by atoms with E-state index in [9.17, 15) is 15.3 Å². The van der Waals surface area contributed by atoms with Crippen molar-refractivity contribution < 1.29 is 34.3 Å². The highest BCUT2D eigenvalue weighted by atomic mass is 16.6. The highest BCUT2D eigenvalue weighted by molar-refractivity contribution is 5.45. The minimum atomic E-state index is -1.21. The third kappa shape index (κ3) is 2.79. The molecule has 7 nitrogen and oxygen atoms in total. The maximum Gasteiger partial charge on any atom is 0.160 e. The molecule has 0 spiro atoms. The van der Waals surface area contributed by atoms with Gasteiger partial charge in [0.1, 0.15) is 11.7 Å². The van der Waals surface area contributed by atoms with Crippen molar-refractivity contribution in [3.8, 4) is 23.0 Å². The number of fused-ring (bicyclic) bond motifs is 1. The topological polar surface area (TPSA) is 97.6 Å². The third-order valence-corrected chi connectivity index (χ3v) is 5.44. The van der Waals surface area contributed by atoms with Crippen LogP contribution in [0.25, 0.3) is 0 Å². The first-order valence-electron chi connectivity index (χ1n) is 8.67. The Balaban J connectivity index is 1.64. The fourth-order valence-corrected chi connectivity index (χ4v) is 4.00. The van der Waals surface area contributed by atoms with Gasteiger partial charge in [-0.3, -0.25) is 0 Å². The van der Waals surface area contributed by atoms with Gasteiger partial charge in [-0.2, -0.15) is 0 Å². The zero-order chi connectivity index (χ0) is 19.2. The summed E-state index contributed by atoms with van der Waals surface area (Å²) in [5.41, 5.74) is 0.304. The SMILES string of the molecule is COc1cc(C2OCC3(O)C(c4ccc(O)c(OC)c4)OCC23)ccc1O. The fraction of sp³-hybridized carbons (Fsp3) is 0.400. The average molecular weight is 374 g/mol.